The highest BCUT2D eigenvalue weighted by molar-refractivity contribution is 5.81. The summed E-state index contributed by atoms with van der Waals surface area (Å²) in [6.07, 6.45) is 7.57. The van der Waals surface area contributed by atoms with Crippen molar-refractivity contribution in [2.75, 3.05) is 31.2 Å². The van der Waals surface area contributed by atoms with E-state index in [2.05, 4.69) is 44.7 Å². The van der Waals surface area contributed by atoms with Gasteiger partial charge in [0.1, 0.15) is 12.1 Å². The van der Waals surface area contributed by atoms with E-state index in [0.29, 0.717) is 5.41 Å². The molecular weight excluding hydrogens is 404 g/mol. The first kappa shape index (κ1) is 22.2. The van der Waals surface area contributed by atoms with Crippen LogP contribution in [0.4, 0.5) is 5.82 Å². The van der Waals surface area contributed by atoms with Crippen molar-refractivity contribution in [1.82, 2.24) is 19.7 Å². The predicted molar refractivity (Wildman–Crippen MR) is 123 cm³/mol. The lowest BCUT2D eigenvalue weighted by molar-refractivity contribution is 0.122. The maximum absolute atomic E-state index is 8.06. The fraction of sp³-hybridized carbons (Fsp3) is 0.500. The zero-order valence-corrected chi connectivity index (χ0v) is 18.7. The number of hydrogen-bond acceptors (Lipinski definition) is 7. The van der Waals surface area contributed by atoms with E-state index in [4.69, 9.17) is 15.1 Å². The van der Waals surface area contributed by atoms with Gasteiger partial charge in [0, 0.05) is 37.2 Å². The van der Waals surface area contributed by atoms with Crippen molar-refractivity contribution in [1.29, 1.82) is 5.26 Å². The highest BCUT2D eigenvalue weighted by Gasteiger charge is 2.62. The second-order valence-electron chi connectivity index (χ2n) is 8.92. The molecule has 1 aromatic carbocycles. The lowest BCUT2D eigenvalue weighted by Crippen LogP contribution is -2.36. The number of hydrogen-bond donors (Lipinski definition) is 1. The molecule has 8 nitrogen and oxygen atoms in total. The van der Waals surface area contributed by atoms with E-state index in [9.17, 15) is 0 Å². The number of nitrogens with zero attached hydrogens (tertiary/aromatic N) is 6. The summed E-state index contributed by atoms with van der Waals surface area (Å²) in [4.78, 5) is 11.2. The summed E-state index contributed by atoms with van der Waals surface area (Å²) < 4.78 is 7.39. The third kappa shape index (κ3) is 4.59. The molecule has 1 unspecified atom stereocenters. The van der Waals surface area contributed by atoms with Gasteiger partial charge in [0.2, 0.25) is 0 Å². The molecule has 6 rings (SSSR count). The average Bonchev–Trinajstić information content (AvgIpc) is 3.72. The number of aromatic nitrogens is 4. The van der Waals surface area contributed by atoms with Gasteiger partial charge >= 0.3 is 0 Å². The van der Waals surface area contributed by atoms with Crippen molar-refractivity contribution in [2.45, 2.75) is 45.1 Å². The van der Waals surface area contributed by atoms with Gasteiger partial charge in [-0.3, -0.25) is 0 Å². The number of ether oxygens (including phenoxy) is 1. The van der Waals surface area contributed by atoms with Crippen LogP contribution in [0.1, 0.15) is 44.6 Å². The Labute approximate surface area is 188 Å². The molecule has 168 valence electrons. The molecule has 3 heterocycles. The minimum absolute atomic E-state index is 0.167. The number of benzene rings is 1. The van der Waals surface area contributed by atoms with Gasteiger partial charge in [-0.05, 0) is 56.1 Å². The highest BCUT2D eigenvalue weighted by Crippen LogP contribution is 2.75. The van der Waals surface area contributed by atoms with Crippen molar-refractivity contribution < 1.29 is 9.84 Å². The molecule has 0 amide bonds. The highest BCUT2D eigenvalue weighted by atomic mass is 16.5. The quantitative estimate of drug-likeness (QED) is 0.674. The molecule has 1 saturated heterocycles. The second kappa shape index (κ2) is 9.23. The molecule has 3 aromatic rings. The predicted octanol–water partition coefficient (Wildman–Crippen LogP) is 3.45. The maximum atomic E-state index is 8.06. The molecule has 1 spiro atoms. The van der Waals surface area contributed by atoms with E-state index in [0.717, 1.165) is 54.8 Å². The van der Waals surface area contributed by atoms with Crippen LogP contribution in [0.5, 0.6) is 0 Å². The molecule has 3 aliphatic rings. The van der Waals surface area contributed by atoms with E-state index >= 15 is 0 Å². The van der Waals surface area contributed by atoms with Crippen LogP contribution in [0.25, 0.3) is 16.7 Å². The Hall–Kier alpha value is -3.02. The van der Waals surface area contributed by atoms with Crippen molar-refractivity contribution >= 4 is 16.7 Å². The van der Waals surface area contributed by atoms with Crippen LogP contribution in [-0.2, 0) is 4.74 Å². The van der Waals surface area contributed by atoms with Crippen LogP contribution >= 0.6 is 0 Å². The van der Waals surface area contributed by atoms with E-state index in [1.165, 1.54) is 24.8 Å². The summed E-state index contributed by atoms with van der Waals surface area (Å²) in [5.74, 6) is 2.52. The fourth-order valence-corrected chi connectivity index (χ4v) is 4.39. The molecule has 0 radical (unpaired) electrons. The van der Waals surface area contributed by atoms with E-state index in [-0.39, 0.29) is 6.10 Å². The molecule has 2 saturated carbocycles. The number of aliphatic hydroxyl groups is 1. The number of nitriles is 1. The third-order valence-electron chi connectivity index (χ3n) is 6.27. The number of anilines is 1. The van der Waals surface area contributed by atoms with Gasteiger partial charge in [-0.2, -0.15) is 5.10 Å². The molecule has 32 heavy (non-hydrogen) atoms. The first-order chi connectivity index (χ1) is 15.6. The smallest absolute Gasteiger partial charge is 0.159 e. The standard InChI is InChI=1S/C20H21N5O.C3H8O.CHN/c1-2-15-12-23-25(17(15)9-14(1)16-11-20(16)3-4-20)19-10-18(21-13-22-19)24-5-7-26-8-6-24;1-3(2)4;1-2/h1-2,9-10,12-13,16H,3-8,11H2;3-4H,1-2H3;1H. The topological polar surface area (TPSA) is 100 Å². The number of rotatable bonds is 3. The van der Waals surface area contributed by atoms with Crippen LogP contribution in [0, 0.1) is 17.2 Å². The zero-order chi connectivity index (χ0) is 22.7. The Bertz CT molecular complexity index is 1080. The molecule has 3 fully saturated rings. The van der Waals surface area contributed by atoms with Gasteiger partial charge in [-0.15, -0.1) is 0 Å². The average molecular weight is 435 g/mol. The van der Waals surface area contributed by atoms with Gasteiger partial charge in [0.25, 0.3) is 0 Å². The Morgan fingerprint density at radius 1 is 1.12 bits per heavy atom. The number of morpholine rings is 1. The van der Waals surface area contributed by atoms with Gasteiger partial charge < -0.3 is 14.7 Å². The third-order valence-corrected chi connectivity index (χ3v) is 6.27. The summed E-state index contributed by atoms with van der Waals surface area (Å²) in [7, 11) is 0. The molecule has 8 heteroatoms. The first-order valence-corrected chi connectivity index (χ1v) is 11.1. The number of aliphatic hydroxyl groups excluding tert-OH is 1. The van der Waals surface area contributed by atoms with Crippen LogP contribution in [-0.4, -0.2) is 57.3 Å². The SMILES string of the molecule is C#N.CC(C)O.c1nc(N2CCOCC2)cc(-n2ncc3ccc(C4CC45CC5)cc32)n1. The lowest BCUT2D eigenvalue weighted by atomic mass is 10.1. The van der Waals surface area contributed by atoms with Crippen molar-refractivity contribution in [2.24, 2.45) is 5.41 Å². The Kier molecular flexibility index (Phi) is 6.40. The van der Waals surface area contributed by atoms with E-state index in [1.54, 1.807) is 20.2 Å². The minimum Gasteiger partial charge on any atom is -0.394 e. The number of fused-ring (bicyclic) bond motifs is 1. The largest absolute Gasteiger partial charge is 0.394 e. The fourth-order valence-electron chi connectivity index (χ4n) is 4.39. The molecule has 0 bridgehead atoms. The summed E-state index contributed by atoms with van der Waals surface area (Å²) in [5.41, 5.74) is 3.26. The van der Waals surface area contributed by atoms with E-state index in [1.807, 2.05) is 16.9 Å². The monoisotopic (exact) mass is 434 g/mol. The first-order valence-electron chi connectivity index (χ1n) is 11.1. The van der Waals surface area contributed by atoms with Crippen molar-refractivity contribution in [3.05, 3.63) is 42.4 Å². The second-order valence-corrected chi connectivity index (χ2v) is 8.92. The van der Waals surface area contributed by atoms with Crippen LogP contribution < -0.4 is 4.90 Å². The minimum atomic E-state index is -0.167. The van der Waals surface area contributed by atoms with Gasteiger partial charge in [0.05, 0.1) is 24.9 Å². The van der Waals surface area contributed by atoms with Crippen LogP contribution in [0.3, 0.4) is 0 Å². The van der Waals surface area contributed by atoms with Crippen LogP contribution in [0.2, 0.25) is 0 Å². The van der Waals surface area contributed by atoms with E-state index < -0.39 is 0 Å². The molecule has 1 aliphatic heterocycles. The van der Waals surface area contributed by atoms with Gasteiger partial charge in [-0.1, -0.05) is 12.1 Å². The summed E-state index contributed by atoms with van der Waals surface area (Å²) in [6.45, 7) is 10.2. The molecular formula is C24H30N6O2. The summed E-state index contributed by atoms with van der Waals surface area (Å²) >= 11 is 0. The Morgan fingerprint density at radius 3 is 2.47 bits per heavy atom. The molecule has 2 aliphatic carbocycles. The molecule has 2 aromatic heterocycles. The Morgan fingerprint density at radius 2 is 1.81 bits per heavy atom. The molecule has 1 N–H and O–H groups in total. The Balaban J connectivity index is 0.000000371. The lowest BCUT2D eigenvalue weighted by Gasteiger charge is -2.27. The van der Waals surface area contributed by atoms with Crippen LogP contribution in [0.15, 0.2) is 36.8 Å². The summed E-state index contributed by atoms with van der Waals surface area (Å²) in [6, 6.07) is 8.83. The van der Waals surface area contributed by atoms with Gasteiger partial charge in [-0.25, -0.2) is 19.9 Å². The molecule has 1 atom stereocenters. The van der Waals surface area contributed by atoms with Crippen molar-refractivity contribution in [3.63, 3.8) is 0 Å². The van der Waals surface area contributed by atoms with Crippen molar-refractivity contribution in [3.8, 4) is 12.4 Å². The maximum Gasteiger partial charge on any atom is 0.159 e. The zero-order valence-electron chi connectivity index (χ0n) is 18.7. The normalized spacial score (nSPS) is 20.3. The van der Waals surface area contributed by atoms with Gasteiger partial charge in [0.15, 0.2) is 5.82 Å². The summed E-state index contributed by atoms with van der Waals surface area (Å²) in [5, 5.41) is 20.3.